The molecule has 0 aromatic carbocycles. The van der Waals surface area contributed by atoms with Crippen LogP contribution >= 0.6 is 15.9 Å². The van der Waals surface area contributed by atoms with Gasteiger partial charge in [0.05, 0.1) is 4.47 Å². The third kappa shape index (κ3) is 2.59. The molecule has 15 heavy (non-hydrogen) atoms. The molecule has 0 N–H and O–H groups in total. The number of hydrogen-bond donors (Lipinski definition) is 0. The lowest BCUT2D eigenvalue weighted by molar-refractivity contribution is 0.545. The maximum absolute atomic E-state index is 13.0. The smallest absolute Gasteiger partial charge is 0.230 e. The molecule has 0 saturated carbocycles. The van der Waals surface area contributed by atoms with Gasteiger partial charge in [-0.2, -0.15) is 9.49 Å². The van der Waals surface area contributed by atoms with Gasteiger partial charge in [-0.15, -0.1) is 0 Å². The number of hydrogen-bond acceptors (Lipinski definition) is 3. The fourth-order valence-corrected chi connectivity index (χ4v) is 1.34. The zero-order valence-electron chi connectivity index (χ0n) is 7.77. The van der Waals surface area contributed by atoms with Crippen molar-refractivity contribution in [3.05, 3.63) is 40.9 Å². The minimum Gasteiger partial charge on any atom is -0.272 e. The van der Waals surface area contributed by atoms with Gasteiger partial charge in [-0.25, -0.2) is 9.97 Å². The second kappa shape index (κ2) is 4.48. The van der Waals surface area contributed by atoms with E-state index in [1.807, 2.05) is 12.3 Å². The Hall–Kier alpha value is -1.30. The van der Waals surface area contributed by atoms with Gasteiger partial charge < -0.3 is 0 Å². The van der Waals surface area contributed by atoms with E-state index in [-0.39, 0.29) is 4.47 Å². The molecule has 0 saturated heterocycles. The molecule has 0 amide bonds. The molecule has 78 valence electrons. The van der Waals surface area contributed by atoms with Crippen LogP contribution in [-0.2, 0) is 13.0 Å². The first-order chi connectivity index (χ1) is 7.25. The first kappa shape index (κ1) is 10.2. The van der Waals surface area contributed by atoms with Gasteiger partial charge in [-0.3, -0.25) is 4.68 Å². The monoisotopic (exact) mass is 270 g/mol. The van der Waals surface area contributed by atoms with Crippen LogP contribution in [0.2, 0.25) is 0 Å². The van der Waals surface area contributed by atoms with E-state index in [1.165, 1.54) is 6.20 Å². The van der Waals surface area contributed by atoms with E-state index >= 15 is 0 Å². The van der Waals surface area contributed by atoms with Gasteiger partial charge in [0.2, 0.25) is 5.95 Å². The predicted molar refractivity (Wildman–Crippen MR) is 55.6 cm³/mol. The highest BCUT2D eigenvalue weighted by atomic mass is 79.9. The van der Waals surface area contributed by atoms with Crippen LogP contribution in [0.1, 0.15) is 5.82 Å². The Kier molecular flexibility index (Phi) is 3.05. The number of aromatic nitrogens is 4. The van der Waals surface area contributed by atoms with Crippen molar-refractivity contribution in [3.63, 3.8) is 0 Å². The third-order valence-electron chi connectivity index (χ3n) is 1.87. The molecule has 6 heteroatoms. The quantitative estimate of drug-likeness (QED) is 0.800. The maximum Gasteiger partial charge on any atom is 0.230 e. The number of nitrogens with zero attached hydrogens (tertiary/aromatic N) is 4. The van der Waals surface area contributed by atoms with Gasteiger partial charge in [0, 0.05) is 31.6 Å². The lowest BCUT2D eigenvalue weighted by atomic mass is 10.4. The largest absolute Gasteiger partial charge is 0.272 e. The van der Waals surface area contributed by atoms with Crippen LogP contribution in [0.4, 0.5) is 4.39 Å². The molecular formula is C9H8BrFN4. The van der Waals surface area contributed by atoms with Gasteiger partial charge in [-0.1, -0.05) is 0 Å². The van der Waals surface area contributed by atoms with Crippen molar-refractivity contribution in [2.24, 2.45) is 0 Å². The molecule has 0 bridgehead atoms. The summed E-state index contributed by atoms with van der Waals surface area (Å²) in [7, 11) is 0. The van der Waals surface area contributed by atoms with Gasteiger partial charge in [-0.05, 0) is 22.0 Å². The number of aryl methyl sites for hydroxylation is 2. The first-order valence-electron chi connectivity index (χ1n) is 4.40. The Morgan fingerprint density at radius 2 is 2.33 bits per heavy atom. The Balaban J connectivity index is 2.02. The molecule has 2 aromatic heterocycles. The summed E-state index contributed by atoms with van der Waals surface area (Å²) in [5.74, 6) is -0.0494. The van der Waals surface area contributed by atoms with E-state index in [9.17, 15) is 4.39 Å². The molecule has 2 heterocycles. The molecule has 4 nitrogen and oxygen atoms in total. The van der Waals surface area contributed by atoms with Gasteiger partial charge in [0.25, 0.3) is 0 Å². The van der Waals surface area contributed by atoms with Gasteiger partial charge in [0.1, 0.15) is 5.82 Å². The van der Waals surface area contributed by atoms with Crippen molar-refractivity contribution in [2.75, 3.05) is 0 Å². The van der Waals surface area contributed by atoms with Crippen molar-refractivity contribution < 1.29 is 4.39 Å². The summed E-state index contributed by atoms with van der Waals surface area (Å²) in [6.07, 6.45) is 5.52. The van der Waals surface area contributed by atoms with Crippen LogP contribution in [0, 0.1) is 5.95 Å². The first-order valence-corrected chi connectivity index (χ1v) is 5.19. The summed E-state index contributed by atoms with van der Waals surface area (Å²) in [5, 5.41) is 4.03. The Morgan fingerprint density at radius 3 is 3.00 bits per heavy atom. The fourth-order valence-electron chi connectivity index (χ4n) is 1.15. The minimum atomic E-state index is -0.527. The summed E-state index contributed by atoms with van der Waals surface area (Å²) < 4.78 is 15.1. The third-order valence-corrected chi connectivity index (χ3v) is 2.41. The van der Waals surface area contributed by atoms with E-state index in [4.69, 9.17) is 0 Å². The highest BCUT2D eigenvalue weighted by Gasteiger charge is 2.03. The molecule has 2 aromatic rings. The van der Waals surface area contributed by atoms with Gasteiger partial charge in [0.15, 0.2) is 0 Å². The standard InChI is InChI=1S/C9H8BrFN4/c10-7-6-12-8(14-9(7)11)2-5-15-4-1-3-13-15/h1,3-4,6H,2,5H2. The lowest BCUT2D eigenvalue weighted by Gasteiger charge is -2.01. The average Bonchev–Trinajstić information content (AvgIpc) is 2.73. The van der Waals surface area contributed by atoms with Crippen molar-refractivity contribution in [2.45, 2.75) is 13.0 Å². The van der Waals surface area contributed by atoms with E-state index in [1.54, 1.807) is 10.9 Å². The Morgan fingerprint density at radius 1 is 1.47 bits per heavy atom. The average molecular weight is 271 g/mol. The van der Waals surface area contributed by atoms with Crippen LogP contribution < -0.4 is 0 Å². The maximum atomic E-state index is 13.0. The SMILES string of the molecule is Fc1nc(CCn2cccn2)ncc1Br. The van der Waals surface area contributed by atoms with Crippen molar-refractivity contribution in [3.8, 4) is 0 Å². The highest BCUT2D eigenvalue weighted by molar-refractivity contribution is 9.10. The van der Waals surface area contributed by atoms with Crippen LogP contribution in [0.15, 0.2) is 29.1 Å². The van der Waals surface area contributed by atoms with E-state index in [0.717, 1.165) is 0 Å². The van der Waals surface area contributed by atoms with Crippen LogP contribution in [0.5, 0.6) is 0 Å². The summed E-state index contributed by atoms with van der Waals surface area (Å²) >= 11 is 3.00. The van der Waals surface area contributed by atoms with Crippen LogP contribution in [-0.4, -0.2) is 19.7 Å². The Bertz CT molecular complexity index is 443. The van der Waals surface area contributed by atoms with Crippen molar-refractivity contribution in [1.82, 2.24) is 19.7 Å². The topological polar surface area (TPSA) is 43.6 Å². The summed E-state index contributed by atoms with van der Waals surface area (Å²) in [6, 6.07) is 1.84. The highest BCUT2D eigenvalue weighted by Crippen LogP contribution is 2.11. The van der Waals surface area contributed by atoms with E-state index < -0.39 is 5.95 Å². The second-order valence-corrected chi connectivity index (χ2v) is 3.80. The zero-order valence-corrected chi connectivity index (χ0v) is 9.35. The summed E-state index contributed by atoms with van der Waals surface area (Å²) in [4.78, 5) is 7.71. The van der Waals surface area contributed by atoms with Crippen LogP contribution in [0.3, 0.4) is 0 Å². The van der Waals surface area contributed by atoms with Crippen molar-refractivity contribution >= 4 is 15.9 Å². The molecule has 0 atom stereocenters. The fraction of sp³-hybridized carbons (Fsp3) is 0.222. The van der Waals surface area contributed by atoms with E-state index in [0.29, 0.717) is 18.8 Å². The predicted octanol–water partition coefficient (Wildman–Crippen LogP) is 1.82. The zero-order chi connectivity index (χ0) is 10.7. The summed E-state index contributed by atoms with van der Waals surface area (Å²) in [6.45, 7) is 0.647. The molecule has 0 spiro atoms. The molecule has 0 aliphatic rings. The minimum absolute atomic E-state index is 0.283. The Labute approximate surface area is 94.3 Å². The molecular weight excluding hydrogens is 263 g/mol. The molecule has 2 rings (SSSR count). The van der Waals surface area contributed by atoms with Crippen molar-refractivity contribution in [1.29, 1.82) is 0 Å². The normalized spacial score (nSPS) is 10.5. The molecule has 0 aliphatic heterocycles. The molecule has 0 fully saturated rings. The summed E-state index contributed by atoms with van der Waals surface area (Å²) in [5.41, 5.74) is 0. The second-order valence-electron chi connectivity index (χ2n) is 2.94. The molecule has 0 radical (unpaired) electrons. The number of rotatable bonds is 3. The molecule has 0 aliphatic carbocycles. The lowest BCUT2D eigenvalue weighted by Crippen LogP contribution is -2.05. The van der Waals surface area contributed by atoms with E-state index in [2.05, 4.69) is 31.0 Å². The number of halogens is 2. The molecule has 0 unspecified atom stereocenters. The van der Waals surface area contributed by atoms with Crippen LogP contribution in [0.25, 0.3) is 0 Å². The van der Waals surface area contributed by atoms with Gasteiger partial charge >= 0.3 is 0 Å².